The highest BCUT2D eigenvalue weighted by molar-refractivity contribution is 5.76. The fraction of sp³-hybridized carbons (Fsp3) is 0.667. The van der Waals surface area contributed by atoms with E-state index in [-0.39, 0.29) is 11.9 Å². The summed E-state index contributed by atoms with van der Waals surface area (Å²) < 4.78 is 7.12. The van der Waals surface area contributed by atoms with Crippen LogP contribution in [-0.4, -0.2) is 43.3 Å². The van der Waals surface area contributed by atoms with Crippen molar-refractivity contribution in [3.63, 3.8) is 0 Å². The summed E-state index contributed by atoms with van der Waals surface area (Å²) in [5, 5.41) is 8.49. The summed E-state index contributed by atoms with van der Waals surface area (Å²) in [5.41, 5.74) is 1.98. The molecule has 7 heteroatoms. The monoisotopic (exact) mass is 343 g/mol. The minimum Gasteiger partial charge on any atom is -0.339 e. The highest BCUT2D eigenvalue weighted by Crippen LogP contribution is 2.38. The average molecular weight is 343 g/mol. The van der Waals surface area contributed by atoms with Gasteiger partial charge in [0.2, 0.25) is 11.8 Å². The molecule has 2 aromatic heterocycles. The van der Waals surface area contributed by atoms with E-state index in [0.29, 0.717) is 12.5 Å². The van der Waals surface area contributed by atoms with Gasteiger partial charge >= 0.3 is 0 Å². The van der Waals surface area contributed by atoms with Crippen LogP contribution in [0.5, 0.6) is 0 Å². The third-order valence-electron chi connectivity index (χ3n) is 5.20. The van der Waals surface area contributed by atoms with Crippen molar-refractivity contribution < 1.29 is 9.32 Å². The molecule has 2 fully saturated rings. The highest BCUT2D eigenvalue weighted by Gasteiger charge is 2.31. The number of nitrogens with zero attached hydrogens (tertiary/aromatic N) is 5. The Morgan fingerprint density at radius 3 is 2.88 bits per heavy atom. The number of hydrogen-bond donors (Lipinski definition) is 0. The normalized spacial score (nSPS) is 20.4. The van der Waals surface area contributed by atoms with E-state index < -0.39 is 0 Å². The van der Waals surface area contributed by atoms with Crippen molar-refractivity contribution in [3.05, 3.63) is 29.2 Å². The summed E-state index contributed by atoms with van der Waals surface area (Å²) in [6, 6.07) is 2.27. The number of carbonyl (C=O) groups excluding carboxylic acids is 1. The second-order valence-corrected chi connectivity index (χ2v) is 7.33. The molecule has 0 aromatic carbocycles. The van der Waals surface area contributed by atoms with Crippen molar-refractivity contribution in [2.45, 2.75) is 70.9 Å². The molecule has 134 valence electrons. The van der Waals surface area contributed by atoms with Crippen LogP contribution in [-0.2, 0) is 17.8 Å². The van der Waals surface area contributed by atoms with E-state index >= 15 is 0 Å². The molecule has 2 aliphatic rings. The quantitative estimate of drug-likeness (QED) is 0.805. The van der Waals surface area contributed by atoms with Crippen LogP contribution in [0.1, 0.15) is 61.1 Å². The van der Waals surface area contributed by atoms with Crippen LogP contribution in [0.15, 0.2) is 10.6 Å². The van der Waals surface area contributed by atoms with E-state index in [4.69, 9.17) is 4.52 Å². The fourth-order valence-electron chi connectivity index (χ4n) is 3.68. The van der Waals surface area contributed by atoms with E-state index in [1.807, 2.05) is 24.8 Å². The summed E-state index contributed by atoms with van der Waals surface area (Å²) in [6.45, 7) is 5.10. The summed E-state index contributed by atoms with van der Waals surface area (Å²) >= 11 is 0. The molecule has 1 saturated carbocycles. The minimum absolute atomic E-state index is 0.153. The predicted molar refractivity (Wildman–Crippen MR) is 91.0 cm³/mol. The molecule has 0 spiro atoms. The molecule has 0 bridgehead atoms. The molecule has 4 rings (SSSR count). The van der Waals surface area contributed by atoms with Crippen LogP contribution in [0.4, 0.5) is 0 Å². The van der Waals surface area contributed by atoms with Gasteiger partial charge in [-0.15, -0.1) is 0 Å². The van der Waals surface area contributed by atoms with Crippen molar-refractivity contribution in [1.29, 1.82) is 0 Å². The molecule has 0 N–H and O–H groups in total. The first-order valence-corrected chi connectivity index (χ1v) is 9.23. The van der Waals surface area contributed by atoms with Crippen molar-refractivity contribution in [1.82, 2.24) is 24.8 Å². The van der Waals surface area contributed by atoms with Crippen LogP contribution in [0.3, 0.4) is 0 Å². The van der Waals surface area contributed by atoms with Gasteiger partial charge in [-0.2, -0.15) is 10.1 Å². The second kappa shape index (κ2) is 6.61. The Bertz CT molecular complexity index is 761. The number of rotatable bonds is 6. The molecule has 1 aliphatic heterocycles. The van der Waals surface area contributed by atoms with E-state index in [9.17, 15) is 4.79 Å². The molecular formula is C18H25N5O2. The van der Waals surface area contributed by atoms with Gasteiger partial charge in [0.1, 0.15) is 6.54 Å². The second-order valence-electron chi connectivity index (χ2n) is 7.33. The Kier molecular flexibility index (Phi) is 4.31. The first-order chi connectivity index (χ1) is 12.1. The smallest absolute Gasteiger partial charge is 0.244 e. The summed E-state index contributed by atoms with van der Waals surface area (Å²) in [5.74, 6) is 2.21. The lowest BCUT2D eigenvalue weighted by Crippen LogP contribution is -2.38. The lowest BCUT2D eigenvalue weighted by molar-refractivity contribution is -0.133. The van der Waals surface area contributed by atoms with Gasteiger partial charge in [0, 0.05) is 30.6 Å². The van der Waals surface area contributed by atoms with Crippen LogP contribution in [0.2, 0.25) is 0 Å². The Morgan fingerprint density at radius 1 is 1.32 bits per heavy atom. The topological polar surface area (TPSA) is 77.0 Å². The SMILES string of the molecule is Cc1cc(C)n(CC(=O)N2CCCC2CCc2noc(C3CC3)n2)n1. The summed E-state index contributed by atoms with van der Waals surface area (Å²) in [7, 11) is 0. The van der Waals surface area contributed by atoms with Crippen molar-refractivity contribution >= 4 is 5.91 Å². The third-order valence-corrected chi connectivity index (χ3v) is 5.20. The van der Waals surface area contributed by atoms with E-state index in [2.05, 4.69) is 15.2 Å². The van der Waals surface area contributed by atoms with Crippen molar-refractivity contribution in [2.24, 2.45) is 0 Å². The van der Waals surface area contributed by atoms with Crippen LogP contribution < -0.4 is 0 Å². The van der Waals surface area contributed by atoms with Gasteiger partial charge in [-0.05, 0) is 52.0 Å². The maximum Gasteiger partial charge on any atom is 0.244 e. The number of aryl methyl sites for hydroxylation is 3. The van der Waals surface area contributed by atoms with Gasteiger partial charge in [-0.3, -0.25) is 9.48 Å². The number of carbonyl (C=O) groups is 1. The van der Waals surface area contributed by atoms with Crippen molar-refractivity contribution in [3.8, 4) is 0 Å². The van der Waals surface area contributed by atoms with Gasteiger partial charge in [-0.1, -0.05) is 5.16 Å². The standard InChI is InChI=1S/C18H25N5O2/c1-12-10-13(2)23(20-12)11-17(24)22-9-3-4-15(22)7-8-16-19-18(25-21-16)14-5-6-14/h10,14-15H,3-9,11H2,1-2H3. The lowest BCUT2D eigenvalue weighted by Gasteiger charge is -2.24. The number of amides is 1. The Labute approximate surface area is 147 Å². The molecule has 1 saturated heterocycles. The third kappa shape index (κ3) is 3.60. The van der Waals surface area contributed by atoms with E-state index in [1.54, 1.807) is 4.68 Å². The largest absolute Gasteiger partial charge is 0.339 e. The summed E-state index contributed by atoms with van der Waals surface area (Å²) in [6.07, 6.45) is 6.11. The Morgan fingerprint density at radius 2 is 2.16 bits per heavy atom. The van der Waals surface area contributed by atoms with Crippen molar-refractivity contribution in [2.75, 3.05) is 6.54 Å². The number of likely N-dealkylation sites (tertiary alicyclic amines) is 1. The first kappa shape index (κ1) is 16.3. The molecular weight excluding hydrogens is 318 g/mol. The summed E-state index contributed by atoms with van der Waals surface area (Å²) in [4.78, 5) is 19.2. The van der Waals surface area contributed by atoms with Gasteiger partial charge in [-0.25, -0.2) is 0 Å². The lowest BCUT2D eigenvalue weighted by atomic mass is 10.1. The zero-order chi connectivity index (χ0) is 17.4. The molecule has 1 unspecified atom stereocenters. The Hall–Kier alpha value is -2.18. The zero-order valence-electron chi connectivity index (χ0n) is 14.9. The maximum absolute atomic E-state index is 12.7. The van der Waals surface area contributed by atoms with Crippen LogP contribution >= 0.6 is 0 Å². The maximum atomic E-state index is 12.7. The van der Waals surface area contributed by atoms with Gasteiger partial charge in [0.15, 0.2) is 5.82 Å². The zero-order valence-corrected chi connectivity index (χ0v) is 14.9. The van der Waals surface area contributed by atoms with Crippen LogP contribution in [0, 0.1) is 13.8 Å². The van der Waals surface area contributed by atoms with Crippen LogP contribution in [0.25, 0.3) is 0 Å². The molecule has 2 aromatic rings. The molecule has 1 amide bonds. The Balaban J connectivity index is 1.34. The molecule has 3 heterocycles. The molecule has 25 heavy (non-hydrogen) atoms. The molecule has 7 nitrogen and oxygen atoms in total. The number of hydrogen-bond acceptors (Lipinski definition) is 5. The number of aromatic nitrogens is 4. The highest BCUT2D eigenvalue weighted by atomic mass is 16.5. The van der Waals surface area contributed by atoms with E-state index in [1.165, 1.54) is 12.8 Å². The fourth-order valence-corrected chi connectivity index (χ4v) is 3.68. The van der Waals surface area contributed by atoms with Gasteiger partial charge in [0.05, 0.1) is 5.69 Å². The average Bonchev–Trinajstić information content (AvgIpc) is 3.01. The predicted octanol–water partition coefficient (Wildman–Crippen LogP) is 2.38. The van der Waals surface area contributed by atoms with Gasteiger partial charge in [0.25, 0.3) is 0 Å². The molecule has 0 radical (unpaired) electrons. The van der Waals surface area contributed by atoms with E-state index in [0.717, 1.165) is 55.3 Å². The van der Waals surface area contributed by atoms with Gasteiger partial charge < -0.3 is 9.42 Å². The minimum atomic E-state index is 0.153. The molecule has 1 aliphatic carbocycles. The first-order valence-electron chi connectivity index (χ1n) is 9.23. The molecule has 1 atom stereocenters.